The van der Waals surface area contributed by atoms with Crippen LogP contribution in [0, 0.1) is 16.7 Å². The summed E-state index contributed by atoms with van der Waals surface area (Å²) in [6.45, 7) is 0.664. The topological polar surface area (TPSA) is 128 Å². The largest absolute Gasteiger partial charge is 0.382 e. The van der Waals surface area contributed by atoms with E-state index in [4.69, 9.17) is 21.1 Å². The molecule has 0 atom stereocenters. The molecule has 0 radical (unpaired) electrons. The first kappa shape index (κ1) is 16.5. The second kappa shape index (κ2) is 7.38. The molecule has 1 aliphatic heterocycles. The molecule has 1 heterocycles. The molecule has 2 rings (SSSR count). The van der Waals surface area contributed by atoms with E-state index < -0.39 is 5.84 Å². The van der Waals surface area contributed by atoms with E-state index in [0.717, 1.165) is 24.1 Å². The van der Waals surface area contributed by atoms with Crippen LogP contribution in [0.1, 0.15) is 12.0 Å². The third-order valence-corrected chi connectivity index (χ3v) is 3.43. The first-order valence-corrected chi connectivity index (χ1v) is 7.07. The molecule has 0 spiro atoms. The number of methoxy groups -OCH3 is 1. The fraction of sp³-hybridized carbons (Fsp3) is 0.333. The van der Waals surface area contributed by atoms with Gasteiger partial charge in [0.25, 0.3) is 5.91 Å². The molecule has 4 N–H and O–H groups in total. The summed E-state index contributed by atoms with van der Waals surface area (Å²) in [4.78, 5) is 13.8. The zero-order valence-corrected chi connectivity index (χ0v) is 12.8. The summed E-state index contributed by atoms with van der Waals surface area (Å²) in [6, 6.07) is 7.25. The van der Waals surface area contributed by atoms with Crippen molar-refractivity contribution in [2.45, 2.75) is 12.8 Å². The molecule has 23 heavy (non-hydrogen) atoms. The maximum Gasteiger partial charge on any atom is 0.252 e. The predicted molar refractivity (Wildman–Crippen MR) is 87.6 cm³/mol. The highest BCUT2D eigenvalue weighted by molar-refractivity contribution is 6.45. The molecule has 1 amide bonds. The summed E-state index contributed by atoms with van der Waals surface area (Å²) in [5.41, 5.74) is 10.2. The number of anilines is 2. The van der Waals surface area contributed by atoms with Crippen LogP contribution in [-0.2, 0) is 16.0 Å². The average Bonchev–Trinajstić information content (AvgIpc) is 2.54. The van der Waals surface area contributed by atoms with Crippen molar-refractivity contribution in [3.63, 3.8) is 0 Å². The fourth-order valence-corrected chi connectivity index (χ4v) is 2.37. The van der Waals surface area contributed by atoms with Crippen molar-refractivity contribution in [1.82, 2.24) is 0 Å². The average molecular weight is 314 g/mol. The van der Waals surface area contributed by atoms with Crippen LogP contribution < -0.4 is 16.1 Å². The number of hydrogen-bond acceptors (Lipinski definition) is 6. The van der Waals surface area contributed by atoms with E-state index in [2.05, 4.69) is 10.5 Å². The van der Waals surface area contributed by atoms with Crippen molar-refractivity contribution in [2.75, 3.05) is 30.6 Å². The molecule has 0 aliphatic carbocycles. The molecule has 0 saturated carbocycles. The minimum absolute atomic E-state index is 0.0260. The summed E-state index contributed by atoms with van der Waals surface area (Å²) in [5, 5.41) is 19.8. The molecule has 1 aliphatic rings. The number of nitrogens with two attached hydrogens (primary N) is 1. The number of hydrazone groups is 1. The number of benzene rings is 1. The zero-order chi connectivity index (χ0) is 16.8. The van der Waals surface area contributed by atoms with Gasteiger partial charge in [-0.25, -0.2) is 0 Å². The number of fused-ring (bicyclic) bond motifs is 1. The van der Waals surface area contributed by atoms with Gasteiger partial charge in [-0.3, -0.25) is 15.6 Å². The van der Waals surface area contributed by atoms with E-state index in [1.165, 1.54) is 7.11 Å². The maximum atomic E-state index is 12.1. The van der Waals surface area contributed by atoms with E-state index in [0.29, 0.717) is 12.2 Å². The van der Waals surface area contributed by atoms with Crippen molar-refractivity contribution in [2.24, 2.45) is 10.8 Å². The van der Waals surface area contributed by atoms with Gasteiger partial charge < -0.3 is 15.4 Å². The molecule has 0 aromatic heterocycles. The van der Waals surface area contributed by atoms with Crippen LogP contribution in [0.25, 0.3) is 0 Å². The molecule has 8 heteroatoms. The second-order valence-electron chi connectivity index (χ2n) is 5.02. The highest BCUT2D eigenvalue weighted by Crippen LogP contribution is 2.30. The predicted octanol–water partition coefficient (Wildman–Crippen LogP) is 0.840. The number of rotatable bonds is 5. The van der Waals surface area contributed by atoms with Crippen LogP contribution in [0.2, 0.25) is 0 Å². The van der Waals surface area contributed by atoms with E-state index in [9.17, 15) is 4.79 Å². The number of nitriles is 1. The molecular formula is C15H18N6O2. The van der Waals surface area contributed by atoms with Crippen LogP contribution in [0.4, 0.5) is 11.4 Å². The van der Waals surface area contributed by atoms with Gasteiger partial charge in [0.2, 0.25) is 5.71 Å². The molecule has 0 bridgehead atoms. The van der Waals surface area contributed by atoms with Crippen LogP contribution in [0.15, 0.2) is 23.3 Å². The van der Waals surface area contributed by atoms with Crippen LogP contribution in [0.3, 0.4) is 0 Å². The second-order valence-corrected chi connectivity index (χ2v) is 5.02. The summed E-state index contributed by atoms with van der Waals surface area (Å²) < 4.78 is 4.92. The third-order valence-electron chi connectivity index (χ3n) is 3.43. The number of carbonyl (C=O) groups is 1. The Balaban J connectivity index is 2.26. The standard InChI is InChI=1S/C15H18N6O2/c1-23-9-14(22)21-6-2-3-10-4-5-11(7-13(10)21)19-20-12(8-16)15(17)18/h4-5,7,19H,2-3,6,9H2,1H3,(H3,17,18)/b20-12+. The lowest BCUT2D eigenvalue weighted by molar-refractivity contribution is -0.122. The van der Waals surface area contributed by atoms with E-state index in [-0.39, 0.29) is 18.2 Å². The highest BCUT2D eigenvalue weighted by Gasteiger charge is 2.22. The molecular weight excluding hydrogens is 296 g/mol. The van der Waals surface area contributed by atoms with Crippen LogP contribution >= 0.6 is 0 Å². The van der Waals surface area contributed by atoms with E-state index in [1.807, 2.05) is 12.1 Å². The minimum atomic E-state index is -0.408. The lowest BCUT2D eigenvalue weighted by Crippen LogP contribution is -2.37. The Hall–Kier alpha value is -2.92. The molecule has 1 aromatic carbocycles. The van der Waals surface area contributed by atoms with Crippen molar-refractivity contribution in [3.05, 3.63) is 23.8 Å². The molecule has 1 aromatic rings. The summed E-state index contributed by atoms with van der Waals surface area (Å²) in [5.74, 6) is -0.509. The van der Waals surface area contributed by atoms with Crippen molar-refractivity contribution >= 4 is 28.8 Å². The number of nitrogens with zero attached hydrogens (tertiary/aromatic N) is 3. The highest BCUT2D eigenvalue weighted by atomic mass is 16.5. The van der Waals surface area contributed by atoms with E-state index in [1.54, 1.807) is 17.0 Å². The number of amides is 1. The Kier molecular flexibility index (Phi) is 5.28. The smallest absolute Gasteiger partial charge is 0.252 e. The van der Waals surface area contributed by atoms with Gasteiger partial charge in [-0.15, -0.1) is 0 Å². The third kappa shape index (κ3) is 3.84. The molecule has 0 unspecified atom stereocenters. The Morgan fingerprint density at radius 3 is 3.04 bits per heavy atom. The van der Waals surface area contributed by atoms with Crippen LogP contribution in [0.5, 0.6) is 0 Å². The van der Waals surface area contributed by atoms with Gasteiger partial charge in [0, 0.05) is 19.3 Å². The number of amidine groups is 1. The van der Waals surface area contributed by atoms with Gasteiger partial charge in [0.05, 0.1) is 5.69 Å². The van der Waals surface area contributed by atoms with Crippen molar-refractivity contribution in [1.29, 1.82) is 10.7 Å². The Morgan fingerprint density at radius 1 is 1.61 bits per heavy atom. The minimum Gasteiger partial charge on any atom is -0.382 e. The monoisotopic (exact) mass is 314 g/mol. The number of ether oxygens (including phenoxy) is 1. The Bertz CT molecular complexity index is 692. The van der Waals surface area contributed by atoms with Crippen molar-refractivity contribution < 1.29 is 9.53 Å². The SMILES string of the molecule is COCC(=O)N1CCCc2ccc(N/N=C(\C#N)C(=N)N)cc21. The van der Waals surface area contributed by atoms with Gasteiger partial charge in [-0.1, -0.05) is 6.07 Å². The number of aryl methyl sites for hydroxylation is 1. The van der Waals surface area contributed by atoms with E-state index >= 15 is 0 Å². The molecule has 0 saturated heterocycles. The number of carbonyl (C=O) groups excluding carboxylic acids is 1. The number of nitrogens with one attached hydrogen (secondary N) is 2. The quantitative estimate of drug-likeness (QED) is 0.421. The molecule has 120 valence electrons. The summed E-state index contributed by atoms with van der Waals surface area (Å²) in [6.07, 6.45) is 1.79. The van der Waals surface area contributed by atoms with Crippen molar-refractivity contribution in [3.8, 4) is 6.07 Å². The summed E-state index contributed by atoms with van der Waals surface area (Å²) in [7, 11) is 1.49. The molecule has 8 nitrogen and oxygen atoms in total. The lowest BCUT2D eigenvalue weighted by atomic mass is 10.0. The van der Waals surface area contributed by atoms with Crippen LogP contribution in [-0.4, -0.2) is 37.7 Å². The number of hydrogen-bond donors (Lipinski definition) is 3. The first-order chi connectivity index (χ1) is 11.1. The van der Waals surface area contributed by atoms with Gasteiger partial charge in [0.1, 0.15) is 12.7 Å². The lowest BCUT2D eigenvalue weighted by Gasteiger charge is -2.29. The molecule has 0 fully saturated rings. The maximum absolute atomic E-state index is 12.1. The zero-order valence-electron chi connectivity index (χ0n) is 12.8. The Labute approximate surface area is 134 Å². The first-order valence-electron chi connectivity index (χ1n) is 7.07. The van der Waals surface area contributed by atoms with Gasteiger partial charge in [-0.05, 0) is 30.5 Å². The van der Waals surface area contributed by atoms with Gasteiger partial charge in [-0.2, -0.15) is 10.4 Å². The van der Waals surface area contributed by atoms with Gasteiger partial charge >= 0.3 is 0 Å². The van der Waals surface area contributed by atoms with Gasteiger partial charge in [0.15, 0.2) is 5.84 Å². The summed E-state index contributed by atoms with van der Waals surface area (Å²) >= 11 is 0. The fourth-order valence-electron chi connectivity index (χ4n) is 2.37. The normalized spacial score (nSPS) is 13.9. The Morgan fingerprint density at radius 2 is 2.39 bits per heavy atom.